The van der Waals surface area contributed by atoms with Crippen LogP contribution in [0.5, 0.6) is 0 Å². The van der Waals surface area contributed by atoms with Crippen molar-refractivity contribution in [2.24, 2.45) is 5.41 Å². The lowest BCUT2D eigenvalue weighted by atomic mass is 9.92. The highest BCUT2D eigenvalue weighted by molar-refractivity contribution is 7.99. The number of nitrogens with zero attached hydrogens (tertiary/aromatic N) is 3. The minimum absolute atomic E-state index is 0.224. The molecule has 0 radical (unpaired) electrons. The van der Waals surface area contributed by atoms with Crippen molar-refractivity contribution in [2.75, 3.05) is 5.75 Å². The summed E-state index contributed by atoms with van der Waals surface area (Å²) in [5, 5.41) is 5.31. The van der Waals surface area contributed by atoms with E-state index in [0.29, 0.717) is 16.8 Å². The summed E-state index contributed by atoms with van der Waals surface area (Å²) < 4.78 is 1.93. The molecule has 0 N–H and O–H groups in total. The van der Waals surface area contributed by atoms with Crippen LogP contribution in [0.2, 0.25) is 0 Å². The molecule has 0 unspecified atom stereocenters. The first-order chi connectivity index (χ1) is 10.4. The van der Waals surface area contributed by atoms with Crippen LogP contribution in [0.25, 0.3) is 5.69 Å². The second-order valence-corrected chi connectivity index (χ2v) is 7.68. The zero-order valence-corrected chi connectivity index (χ0v) is 14.1. The Balaban J connectivity index is 1.81. The SMILES string of the molecule is CC(C)(C)C(=O)CSc1nc(C2CC2)n(-c2ccccc2)n1. The molecule has 0 amide bonds. The molecule has 1 fully saturated rings. The van der Waals surface area contributed by atoms with Crippen molar-refractivity contribution < 1.29 is 4.79 Å². The van der Waals surface area contributed by atoms with Crippen LogP contribution in [0, 0.1) is 5.41 Å². The molecule has 116 valence electrons. The lowest BCUT2D eigenvalue weighted by Crippen LogP contribution is -2.22. The molecule has 0 spiro atoms. The van der Waals surface area contributed by atoms with Crippen molar-refractivity contribution in [3.63, 3.8) is 0 Å². The molecule has 22 heavy (non-hydrogen) atoms. The van der Waals surface area contributed by atoms with Gasteiger partial charge in [0.05, 0.1) is 11.4 Å². The molecular weight excluding hydrogens is 294 g/mol. The molecule has 5 heteroatoms. The number of carbonyl (C=O) groups excluding carboxylic acids is 1. The number of thioether (sulfide) groups is 1. The topological polar surface area (TPSA) is 47.8 Å². The Hall–Kier alpha value is -1.62. The normalized spacial score (nSPS) is 15.0. The van der Waals surface area contributed by atoms with Crippen molar-refractivity contribution in [1.29, 1.82) is 0 Å². The smallest absolute Gasteiger partial charge is 0.209 e. The van der Waals surface area contributed by atoms with Gasteiger partial charge in [0.25, 0.3) is 0 Å². The zero-order chi connectivity index (χ0) is 15.7. The van der Waals surface area contributed by atoms with E-state index in [1.54, 1.807) is 0 Å². The predicted molar refractivity (Wildman–Crippen MR) is 88.5 cm³/mol. The van der Waals surface area contributed by atoms with Gasteiger partial charge in [0, 0.05) is 11.3 Å². The number of para-hydroxylation sites is 1. The third kappa shape index (κ3) is 3.40. The van der Waals surface area contributed by atoms with E-state index in [1.807, 2.05) is 55.8 Å². The zero-order valence-electron chi connectivity index (χ0n) is 13.2. The van der Waals surface area contributed by atoms with Gasteiger partial charge in [0.1, 0.15) is 11.6 Å². The van der Waals surface area contributed by atoms with Gasteiger partial charge in [-0.2, -0.15) is 0 Å². The van der Waals surface area contributed by atoms with Crippen LogP contribution in [0.4, 0.5) is 0 Å². The van der Waals surface area contributed by atoms with Crippen LogP contribution >= 0.6 is 11.8 Å². The summed E-state index contributed by atoms with van der Waals surface area (Å²) in [6.45, 7) is 5.84. The maximum absolute atomic E-state index is 12.1. The second kappa shape index (κ2) is 5.88. The highest BCUT2D eigenvalue weighted by Gasteiger charge is 2.31. The molecule has 0 aliphatic heterocycles. The molecule has 0 bridgehead atoms. The van der Waals surface area contributed by atoms with Crippen LogP contribution in [0.3, 0.4) is 0 Å². The van der Waals surface area contributed by atoms with E-state index in [1.165, 1.54) is 24.6 Å². The summed E-state index contributed by atoms with van der Waals surface area (Å²) in [6, 6.07) is 10.1. The number of hydrogen-bond acceptors (Lipinski definition) is 4. The highest BCUT2D eigenvalue weighted by Crippen LogP contribution is 2.40. The Kier molecular flexibility index (Phi) is 4.08. The number of benzene rings is 1. The van der Waals surface area contributed by atoms with Gasteiger partial charge in [0.15, 0.2) is 0 Å². The standard InChI is InChI=1S/C17H21N3OS/c1-17(2,3)14(21)11-22-16-18-15(12-9-10-12)20(19-16)13-7-5-4-6-8-13/h4-8,12H,9-11H2,1-3H3. The monoisotopic (exact) mass is 315 g/mol. The van der Waals surface area contributed by atoms with E-state index >= 15 is 0 Å². The first-order valence-corrected chi connectivity index (χ1v) is 8.62. The van der Waals surface area contributed by atoms with Gasteiger partial charge in [0.2, 0.25) is 5.16 Å². The van der Waals surface area contributed by atoms with Gasteiger partial charge < -0.3 is 0 Å². The first-order valence-electron chi connectivity index (χ1n) is 7.63. The van der Waals surface area contributed by atoms with Crippen molar-refractivity contribution in [3.8, 4) is 5.69 Å². The quantitative estimate of drug-likeness (QED) is 0.786. The summed E-state index contributed by atoms with van der Waals surface area (Å²) in [7, 11) is 0. The summed E-state index contributed by atoms with van der Waals surface area (Å²) in [5.41, 5.74) is 0.722. The van der Waals surface area contributed by atoms with Gasteiger partial charge in [-0.05, 0) is 25.0 Å². The molecule has 4 nitrogen and oxygen atoms in total. The van der Waals surface area contributed by atoms with Gasteiger partial charge in [-0.3, -0.25) is 4.79 Å². The van der Waals surface area contributed by atoms with E-state index in [9.17, 15) is 4.79 Å². The van der Waals surface area contributed by atoms with Crippen molar-refractivity contribution >= 4 is 17.5 Å². The minimum atomic E-state index is -0.311. The van der Waals surface area contributed by atoms with Crippen LogP contribution in [0.1, 0.15) is 45.4 Å². The maximum atomic E-state index is 12.1. The van der Waals surface area contributed by atoms with E-state index in [-0.39, 0.29) is 11.2 Å². The predicted octanol–water partition coefficient (Wildman–Crippen LogP) is 3.85. The molecule has 0 atom stereocenters. The fourth-order valence-electron chi connectivity index (χ4n) is 2.08. The van der Waals surface area contributed by atoms with Crippen LogP contribution in [-0.4, -0.2) is 26.3 Å². The Morgan fingerprint density at radius 2 is 1.95 bits per heavy atom. The number of hydrogen-bond donors (Lipinski definition) is 0. The maximum Gasteiger partial charge on any atom is 0.209 e. The Morgan fingerprint density at radius 1 is 1.27 bits per heavy atom. The molecule has 1 aliphatic carbocycles. The number of rotatable bonds is 5. The molecule has 3 rings (SSSR count). The highest BCUT2D eigenvalue weighted by atomic mass is 32.2. The average Bonchev–Trinajstić information content (AvgIpc) is 3.24. The van der Waals surface area contributed by atoms with Crippen molar-refractivity contribution in [2.45, 2.75) is 44.7 Å². The molecule has 1 aromatic heterocycles. The molecule has 0 saturated heterocycles. The Morgan fingerprint density at radius 3 is 2.55 bits per heavy atom. The third-order valence-electron chi connectivity index (χ3n) is 3.72. The summed E-state index contributed by atoms with van der Waals surface area (Å²) in [6.07, 6.45) is 2.35. The molecule has 2 aromatic rings. The number of ketones is 1. The summed E-state index contributed by atoms with van der Waals surface area (Å²) in [4.78, 5) is 16.7. The van der Waals surface area contributed by atoms with Gasteiger partial charge >= 0.3 is 0 Å². The lowest BCUT2D eigenvalue weighted by molar-refractivity contribution is -0.123. The molecule has 1 heterocycles. The molecule has 1 saturated carbocycles. The minimum Gasteiger partial charge on any atom is -0.298 e. The van der Waals surface area contributed by atoms with E-state index < -0.39 is 0 Å². The van der Waals surface area contributed by atoms with E-state index in [4.69, 9.17) is 0 Å². The van der Waals surface area contributed by atoms with Gasteiger partial charge in [-0.15, -0.1) is 5.10 Å². The summed E-state index contributed by atoms with van der Waals surface area (Å²) >= 11 is 1.44. The fourth-order valence-corrected chi connectivity index (χ4v) is 3.07. The number of aromatic nitrogens is 3. The van der Waals surface area contributed by atoms with E-state index in [2.05, 4.69) is 10.1 Å². The first kappa shape index (κ1) is 15.3. The van der Waals surface area contributed by atoms with Gasteiger partial charge in [-0.25, -0.2) is 9.67 Å². The van der Waals surface area contributed by atoms with E-state index in [0.717, 1.165) is 11.5 Å². The lowest BCUT2D eigenvalue weighted by Gasteiger charge is -2.15. The van der Waals surface area contributed by atoms with Crippen LogP contribution in [0.15, 0.2) is 35.5 Å². The molecule has 1 aromatic carbocycles. The number of Topliss-reactive ketones (excluding diaryl/α,β-unsaturated/α-hetero) is 1. The van der Waals surface area contributed by atoms with Crippen molar-refractivity contribution in [3.05, 3.63) is 36.2 Å². The second-order valence-electron chi connectivity index (χ2n) is 6.74. The largest absolute Gasteiger partial charge is 0.298 e. The van der Waals surface area contributed by atoms with Crippen molar-refractivity contribution in [1.82, 2.24) is 14.8 Å². The fraction of sp³-hybridized carbons (Fsp3) is 0.471. The van der Waals surface area contributed by atoms with Crippen LogP contribution in [-0.2, 0) is 4.79 Å². The van der Waals surface area contributed by atoms with Crippen LogP contribution < -0.4 is 0 Å². The Labute approximate surface area is 135 Å². The third-order valence-corrected chi connectivity index (χ3v) is 4.56. The summed E-state index contributed by atoms with van der Waals surface area (Å²) in [5.74, 6) is 2.19. The molecule has 1 aliphatic rings. The van der Waals surface area contributed by atoms with Gasteiger partial charge in [-0.1, -0.05) is 50.7 Å². The average molecular weight is 315 g/mol. The number of carbonyl (C=O) groups is 1. The Bertz CT molecular complexity index is 669. The molecular formula is C17H21N3OS.